The van der Waals surface area contributed by atoms with Crippen LogP contribution in [-0.4, -0.2) is 29.7 Å². The van der Waals surface area contributed by atoms with Gasteiger partial charge < -0.3 is 24.3 Å². The molecule has 1 amide bonds. The van der Waals surface area contributed by atoms with Gasteiger partial charge in [-0.2, -0.15) is 0 Å². The first kappa shape index (κ1) is 19.5. The molecule has 2 aromatic carbocycles. The van der Waals surface area contributed by atoms with Gasteiger partial charge in [-0.25, -0.2) is 0 Å². The van der Waals surface area contributed by atoms with Crippen LogP contribution in [0.1, 0.15) is 36.6 Å². The number of carbonyl (C=O) groups is 1. The molecule has 0 saturated heterocycles. The minimum atomic E-state index is 0.0191. The number of hydrogen-bond donors (Lipinski definition) is 2. The van der Waals surface area contributed by atoms with E-state index in [1.54, 1.807) is 14.2 Å². The van der Waals surface area contributed by atoms with E-state index < -0.39 is 0 Å². The summed E-state index contributed by atoms with van der Waals surface area (Å²) in [5.74, 6) is 1.74. The van der Waals surface area contributed by atoms with E-state index in [1.807, 2.05) is 24.4 Å². The molecule has 0 bridgehead atoms. The fourth-order valence-corrected chi connectivity index (χ4v) is 4.78. The third-order valence-electron chi connectivity index (χ3n) is 6.30. The molecule has 2 aromatic heterocycles. The molecule has 1 atom stereocenters. The first-order valence-corrected chi connectivity index (χ1v) is 10.8. The molecule has 0 aliphatic heterocycles. The number of aromatic nitrogens is 2. The largest absolute Gasteiger partial charge is 0.497 e. The van der Waals surface area contributed by atoms with Gasteiger partial charge in [0.2, 0.25) is 5.91 Å². The van der Waals surface area contributed by atoms with Crippen LogP contribution in [0.4, 0.5) is 0 Å². The zero-order valence-corrected chi connectivity index (χ0v) is 17.9. The van der Waals surface area contributed by atoms with Crippen molar-refractivity contribution in [2.24, 2.45) is 0 Å². The predicted octanol–water partition coefficient (Wildman–Crippen LogP) is 4.72. The Hall–Kier alpha value is -3.41. The maximum absolute atomic E-state index is 12.8. The van der Waals surface area contributed by atoms with Crippen molar-refractivity contribution in [2.45, 2.75) is 38.3 Å². The average Bonchev–Trinajstić information content (AvgIpc) is 3.39. The van der Waals surface area contributed by atoms with E-state index in [-0.39, 0.29) is 11.9 Å². The van der Waals surface area contributed by atoms with Gasteiger partial charge in [-0.1, -0.05) is 12.1 Å². The summed E-state index contributed by atoms with van der Waals surface area (Å²) in [5, 5.41) is 5.57. The van der Waals surface area contributed by atoms with Gasteiger partial charge in [-0.05, 0) is 55.2 Å². The van der Waals surface area contributed by atoms with E-state index in [4.69, 9.17) is 9.47 Å². The van der Waals surface area contributed by atoms with Crippen molar-refractivity contribution in [1.29, 1.82) is 0 Å². The number of fused-ring (bicyclic) bond motifs is 4. The van der Waals surface area contributed by atoms with Crippen LogP contribution in [-0.2, 0) is 17.8 Å². The van der Waals surface area contributed by atoms with Crippen molar-refractivity contribution >= 4 is 27.7 Å². The molecule has 6 heteroatoms. The number of nitrogens with zero attached hydrogens (tertiary/aromatic N) is 1. The monoisotopic (exact) mass is 417 g/mol. The summed E-state index contributed by atoms with van der Waals surface area (Å²) in [6.45, 7) is 0.610. The molecule has 2 heterocycles. The van der Waals surface area contributed by atoms with Crippen LogP contribution in [0.3, 0.4) is 0 Å². The van der Waals surface area contributed by atoms with Gasteiger partial charge in [0.25, 0.3) is 0 Å². The number of rotatable bonds is 6. The number of ether oxygens (including phenoxy) is 2. The van der Waals surface area contributed by atoms with Crippen molar-refractivity contribution in [3.8, 4) is 11.5 Å². The standard InChI is InChI=1S/C25H27N3O3/c1-30-17-9-10-20-19(15-17)18-6-4-7-21(24(18)27-20)26-23(29)12-14-28-13-11-16-5-3-8-22(31-2)25(16)28/h3,5,8-11,13,15,21,27H,4,6-7,12,14H2,1-2H3,(H,26,29)/t21-/m1/s1. The Kier molecular flexibility index (Phi) is 5.06. The highest BCUT2D eigenvalue weighted by Crippen LogP contribution is 2.36. The molecule has 0 saturated carbocycles. The van der Waals surface area contributed by atoms with Crippen molar-refractivity contribution in [3.05, 3.63) is 59.9 Å². The highest BCUT2D eigenvalue weighted by atomic mass is 16.5. The molecular formula is C25H27N3O3. The Morgan fingerprint density at radius 1 is 1.19 bits per heavy atom. The zero-order chi connectivity index (χ0) is 21.4. The molecule has 0 spiro atoms. The number of aromatic amines is 1. The average molecular weight is 418 g/mol. The second kappa shape index (κ2) is 8.02. The highest BCUT2D eigenvalue weighted by Gasteiger charge is 2.25. The quantitative estimate of drug-likeness (QED) is 0.477. The van der Waals surface area contributed by atoms with Crippen LogP contribution < -0.4 is 14.8 Å². The van der Waals surface area contributed by atoms with Gasteiger partial charge in [0.05, 0.1) is 25.8 Å². The number of methoxy groups -OCH3 is 2. The first-order chi connectivity index (χ1) is 15.2. The Labute approximate surface area is 181 Å². The first-order valence-electron chi connectivity index (χ1n) is 10.8. The molecule has 5 rings (SSSR count). The van der Waals surface area contributed by atoms with E-state index in [0.717, 1.165) is 52.9 Å². The lowest BCUT2D eigenvalue weighted by atomic mass is 9.91. The van der Waals surface area contributed by atoms with Crippen LogP contribution in [0.15, 0.2) is 48.7 Å². The number of benzene rings is 2. The number of para-hydroxylation sites is 1. The SMILES string of the molecule is COc1ccc2[nH]c3c(c2c1)CCC[C@H]3NC(=O)CCn1ccc2cccc(OC)c21. The van der Waals surface area contributed by atoms with Gasteiger partial charge >= 0.3 is 0 Å². The van der Waals surface area contributed by atoms with E-state index in [1.165, 1.54) is 10.9 Å². The van der Waals surface area contributed by atoms with Crippen molar-refractivity contribution in [3.63, 3.8) is 0 Å². The minimum absolute atomic E-state index is 0.0191. The third kappa shape index (κ3) is 3.52. The molecular weight excluding hydrogens is 390 g/mol. The third-order valence-corrected chi connectivity index (χ3v) is 6.30. The summed E-state index contributed by atoms with van der Waals surface area (Å²) in [5.41, 5.74) is 4.56. The summed E-state index contributed by atoms with van der Waals surface area (Å²) in [7, 11) is 3.36. The Balaban J connectivity index is 1.32. The molecule has 1 aliphatic rings. The van der Waals surface area contributed by atoms with Crippen LogP contribution >= 0.6 is 0 Å². The summed E-state index contributed by atoms with van der Waals surface area (Å²) in [4.78, 5) is 16.4. The van der Waals surface area contributed by atoms with E-state index in [9.17, 15) is 4.79 Å². The second-order valence-electron chi connectivity index (χ2n) is 8.10. The smallest absolute Gasteiger partial charge is 0.222 e. The predicted molar refractivity (Wildman–Crippen MR) is 122 cm³/mol. The van der Waals surface area contributed by atoms with E-state index >= 15 is 0 Å². The van der Waals surface area contributed by atoms with E-state index in [0.29, 0.717) is 13.0 Å². The number of amides is 1. The van der Waals surface area contributed by atoms with E-state index in [2.05, 4.69) is 39.1 Å². The molecule has 6 nitrogen and oxygen atoms in total. The van der Waals surface area contributed by atoms with Crippen molar-refractivity contribution in [1.82, 2.24) is 14.9 Å². The van der Waals surface area contributed by atoms with Gasteiger partial charge in [0.1, 0.15) is 11.5 Å². The molecule has 31 heavy (non-hydrogen) atoms. The number of carbonyl (C=O) groups excluding carboxylic acids is 1. The zero-order valence-electron chi connectivity index (χ0n) is 17.9. The molecule has 0 radical (unpaired) electrons. The second-order valence-corrected chi connectivity index (χ2v) is 8.10. The fourth-order valence-electron chi connectivity index (χ4n) is 4.78. The molecule has 0 unspecified atom stereocenters. The lowest BCUT2D eigenvalue weighted by molar-refractivity contribution is -0.122. The highest BCUT2D eigenvalue weighted by molar-refractivity contribution is 5.87. The van der Waals surface area contributed by atoms with Crippen LogP contribution in [0.2, 0.25) is 0 Å². The molecule has 1 aliphatic carbocycles. The molecule has 2 N–H and O–H groups in total. The van der Waals surface area contributed by atoms with Gasteiger partial charge in [0.15, 0.2) is 0 Å². The summed E-state index contributed by atoms with van der Waals surface area (Å²) < 4.78 is 13.0. The van der Waals surface area contributed by atoms with Gasteiger partial charge in [0, 0.05) is 41.1 Å². The number of hydrogen-bond acceptors (Lipinski definition) is 3. The number of nitrogens with one attached hydrogen (secondary N) is 2. The van der Waals surface area contributed by atoms with Gasteiger partial charge in [-0.3, -0.25) is 4.79 Å². The molecule has 160 valence electrons. The maximum Gasteiger partial charge on any atom is 0.222 e. The molecule has 4 aromatic rings. The lowest BCUT2D eigenvalue weighted by Crippen LogP contribution is -2.31. The number of aryl methyl sites for hydroxylation is 2. The van der Waals surface area contributed by atoms with Crippen molar-refractivity contribution < 1.29 is 14.3 Å². The van der Waals surface area contributed by atoms with Crippen molar-refractivity contribution in [2.75, 3.05) is 14.2 Å². The van der Waals surface area contributed by atoms with Gasteiger partial charge in [-0.15, -0.1) is 0 Å². The van der Waals surface area contributed by atoms with Crippen LogP contribution in [0, 0.1) is 0 Å². The maximum atomic E-state index is 12.8. The normalized spacial score (nSPS) is 15.7. The number of H-pyrrole nitrogens is 1. The van der Waals surface area contributed by atoms with Crippen LogP contribution in [0.25, 0.3) is 21.8 Å². The summed E-state index contributed by atoms with van der Waals surface area (Å²) in [6, 6.07) is 14.2. The summed E-state index contributed by atoms with van der Waals surface area (Å²) in [6.07, 6.45) is 5.46. The minimum Gasteiger partial charge on any atom is -0.497 e. The lowest BCUT2D eigenvalue weighted by Gasteiger charge is -2.24. The fraction of sp³-hybridized carbons (Fsp3) is 0.320. The topological polar surface area (TPSA) is 68.3 Å². The van der Waals surface area contributed by atoms with Crippen LogP contribution in [0.5, 0.6) is 11.5 Å². The Bertz CT molecular complexity index is 1250. The Morgan fingerprint density at radius 2 is 2.10 bits per heavy atom. The Morgan fingerprint density at radius 3 is 2.94 bits per heavy atom. The molecule has 0 fully saturated rings. The summed E-state index contributed by atoms with van der Waals surface area (Å²) >= 11 is 0.